The van der Waals surface area contributed by atoms with Crippen molar-refractivity contribution in [2.75, 3.05) is 11.9 Å². The number of aromatic nitrogens is 1. The summed E-state index contributed by atoms with van der Waals surface area (Å²) in [5, 5.41) is 6.58. The molecule has 1 aliphatic heterocycles. The van der Waals surface area contributed by atoms with Crippen LogP contribution < -0.4 is 5.32 Å². The van der Waals surface area contributed by atoms with Crippen LogP contribution in [0.4, 0.5) is 5.69 Å². The molecule has 29 heavy (non-hydrogen) atoms. The van der Waals surface area contributed by atoms with Crippen LogP contribution in [0, 0.1) is 0 Å². The van der Waals surface area contributed by atoms with E-state index < -0.39 is 5.54 Å². The lowest BCUT2D eigenvalue weighted by atomic mass is 9.85. The summed E-state index contributed by atoms with van der Waals surface area (Å²) in [6.07, 6.45) is 2.59. The molecule has 1 aliphatic rings. The number of carbonyl (C=O) groups is 1. The average Bonchev–Trinajstić information content (AvgIpc) is 2.76. The lowest BCUT2D eigenvalue weighted by Crippen LogP contribution is -2.63. The Kier molecular flexibility index (Phi) is 4.29. The van der Waals surface area contributed by atoms with E-state index in [1.54, 1.807) is 6.20 Å². The maximum absolute atomic E-state index is 13.1. The Morgan fingerprint density at radius 3 is 2.55 bits per heavy atom. The minimum absolute atomic E-state index is 0.0293. The minimum atomic E-state index is -0.503. The number of nitrogens with one attached hydrogen (secondary N) is 1. The Balaban J connectivity index is 1.33. The number of likely N-dealkylation sites (tertiary alicyclic amines) is 1. The van der Waals surface area contributed by atoms with Gasteiger partial charge >= 0.3 is 0 Å². The molecule has 1 amide bonds. The van der Waals surface area contributed by atoms with Crippen molar-refractivity contribution in [2.45, 2.75) is 25.4 Å². The third kappa shape index (κ3) is 3.26. The van der Waals surface area contributed by atoms with Gasteiger partial charge in [0.1, 0.15) is 0 Å². The molecular formula is C25H23N3O. The summed E-state index contributed by atoms with van der Waals surface area (Å²) < 4.78 is 0. The predicted molar refractivity (Wildman–Crippen MR) is 118 cm³/mol. The number of amides is 1. The highest BCUT2D eigenvalue weighted by Gasteiger charge is 2.46. The molecule has 4 heteroatoms. The summed E-state index contributed by atoms with van der Waals surface area (Å²) >= 11 is 0. The highest BCUT2D eigenvalue weighted by Crippen LogP contribution is 2.34. The Morgan fingerprint density at radius 1 is 1.00 bits per heavy atom. The van der Waals surface area contributed by atoms with E-state index in [9.17, 15) is 4.79 Å². The summed E-state index contributed by atoms with van der Waals surface area (Å²) in [7, 11) is 0. The van der Waals surface area contributed by atoms with Gasteiger partial charge in [0.25, 0.3) is 0 Å². The number of anilines is 1. The molecule has 0 spiro atoms. The fraction of sp³-hybridized carbons (Fsp3) is 0.200. The average molecular weight is 381 g/mol. The van der Waals surface area contributed by atoms with Crippen molar-refractivity contribution in [2.24, 2.45) is 0 Å². The van der Waals surface area contributed by atoms with E-state index >= 15 is 0 Å². The van der Waals surface area contributed by atoms with E-state index in [4.69, 9.17) is 0 Å². The summed E-state index contributed by atoms with van der Waals surface area (Å²) in [5.74, 6) is 0.0293. The maximum Gasteiger partial charge on any atom is 0.244 e. The summed E-state index contributed by atoms with van der Waals surface area (Å²) in [6, 6.07) is 24.8. The van der Waals surface area contributed by atoms with Crippen LogP contribution in [-0.2, 0) is 11.3 Å². The molecule has 0 aliphatic carbocycles. The van der Waals surface area contributed by atoms with Gasteiger partial charge in [0, 0.05) is 18.5 Å². The molecule has 0 radical (unpaired) electrons. The molecule has 144 valence electrons. The monoisotopic (exact) mass is 381 g/mol. The molecule has 0 bridgehead atoms. The second-order valence-electron chi connectivity index (χ2n) is 8.00. The van der Waals surface area contributed by atoms with Crippen LogP contribution in [0.25, 0.3) is 21.7 Å². The second-order valence-corrected chi connectivity index (χ2v) is 8.00. The van der Waals surface area contributed by atoms with E-state index in [1.165, 1.54) is 16.3 Å². The third-order valence-corrected chi connectivity index (χ3v) is 6.09. The van der Waals surface area contributed by atoms with Gasteiger partial charge in [-0.15, -0.1) is 0 Å². The number of para-hydroxylation sites is 1. The zero-order valence-corrected chi connectivity index (χ0v) is 16.4. The zero-order chi connectivity index (χ0) is 19.8. The Morgan fingerprint density at radius 2 is 1.76 bits per heavy atom. The van der Waals surface area contributed by atoms with E-state index in [0.29, 0.717) is 0 Å². The minimum Gasteiger partial charge on any atom is -0.323 e. The highest BCUT2D eigenvalue weighted by atomic mass is 16.2. The van der Waals surface area contributed by atoms with Gasteiger partial charge < -0.3 is 5.32 Å². The summed E-state index contributed by atoms with van der Waals surface area (Å²) in [6.45, 7) is 3.72. The van der Waals surface area contributed by atoms with Gasteiger partial charge in [0.15, 0.2) is 0 Å². The van der Waals surface area contributed by atoms with Crippen LogP contribution in [0.2, 0.25) is 0 Å². The van der Waals surface area contributed by atoms with Gasteiger partial charge in [-0.25, -0.2) is 0 Å². The molecule has 1 unspecified atom stereocenters. The van der Waals surface area contributed by atoms with E-state index in [-0.39, 0.29) is 5.91 Å². The molecule has 1 aromatic heterocycles. The predicted octanol–water partition coefficient (Wildman–Crippen LogP) is 4.99. The van der Waals surface area contributed by atoms with Gasteiger partial charge in [-0.1, -0.05) is 54.6 Å². The molecule has 5 rings (SSSR count). The van der Waals surface area contributed by atoms with Crippen LogP contribution in [0.1, 0.15) is 18.9 Å². The molecule has 4 aromatic rings. The van der Waals surface area contributed by atoms with Crippen LogP contribution >= 0.6 is 0 Å². The zero-order valence-electron chi connectivity index (χ0n) is 16.4. The first kappa shape index (κ1) is 17.8. The van der Waals surface area contributed by atoms with Gasteiger partial charge in [0.2, 0.25) is 5.91 Å². The fourth-order valence-electron chi connectivity index (χ4n) is 4.08. The normalized spacial score (nSPS) is 19.2. The molecule has 1 saturated heterocycles. The lowest BCUT2D eigenvalue weighted by Gasteiger charge is -2.49. The number of carbonyl (C=O) groups excluding carboxylic acids is 1. The van der Waals surface area contributed by atoms with Crippen molar-refractivity contribution in [1.82, 2.24) is 9.88 Å². The van der Waals surface area contributed by atoms with Crippen molar-refractivity contribution in [1.29, 1.82) is 0 Å². The quantitative estimate of drug-likeness (QED) is 0.542. The highest BCUT2D eigenvalue weighted by molar-refractivity contribution is 5.99. The van der Waals surface area contributed by atoms with Crippen LogP contribution in [0.15, 0.2) is 79.0 Å². The molecular weight excluding hydrogens is 358 g/mol. The van der Waals surface area contributed by atoms with E-state index in [0.717, 1.165) is 36.1 Å². The number of hydrogen-bond donors (Lipinski definition) is 1. The van der Waals surface area contributed by atoms with Gasteiger partial charge in [0.05, 0.1) is 22.9 Å². The molecule has 3 aromatic carbocycles. The maximum atomic E-state index is 13.1. The number of hydrogen-bond acceptors (Lipinski definition) is 3. The van der Waals surface area contributed by atoms with Gasteiger partial charge in [-0.05, 0) is 47.9 Å². The fourth-order valence-corrected chi connectivity index (χ4v) is 4.08. The number of nitrogens with zero attached hydrogens (tertiary/aromatic N) is 2. The second kappa shape index (κ2) is 6.98. The first-order chi connectivity index (χ1) is 14.1. The SMILES string of the molecule is CC1(C(=O)Nc2cnc3ccccc3c2)CCN1Cc1ccc2ccccc2c1. The van der Waals surface area contributed by atoms with E-state index in [1.807, 2.05) is 37.3 Å². The Labute approximate surface area is 170 Å². The van der Waals surface area contributed by atoms with Crippen molar-refractivity contribution in [3.8, 4) is 0 Å². The molecule has 1 atom stereocenters. The first-order valence-electron chi connectivity index (χ1n) is 10.0. The molecule has 1 fully saturated rings. The largest absolute Gasteiger partial charge is 0.323 e. The van der Waals surface area contributed by atoms with Crippen LogP contribution in [-0.4, -0.2) is 27.9 Å². The first-order valence-corrected chi connectivity index (χ1v) is 10.0. The van der Waals surface area contributed by atoms with E-state index in [2.05, 4.69) is 57.7 Å². The molecule has 2 heterocycles. The standard InChI is InChI=1S/C25H23N3O/c1-25(24(29)27-22-15-21-8-4-5-9-23(21)26-16-22)12-13-28(25)17-18-10-11-19-6-2-3-7-20(19)14-18/h2-11,14-16H,12-13,17H2,1H3,(H,27,29). The van der Waals surface area contributed by atoms with Crippen molar-refractivity contribution < 1.29 is 4.79 Å². The van der Waals surface area contributed by atoms with Crippen molar-refractivity contribution >= 4 is 33.3 Å². The molecule has 0 saturated carbocycles. The summed E-state index contributed by atoms with van der Waals surface area (Å²) in [4.78, 5) is 19.8. The van der Waals surface area contributed by atoms with Crippen molar-refractivity contribution in [3.63, 3.8) is 0 Å². The topological polar surface area (TPSA) is 45.2 Å². The number of fused-ring (bicyclic) bond motifs is 2. The Hall–Kier alpha value is -3.24. The van der Waals surface area contributed by atoms with Gasteiger partial charge in [-0.2, -0.15) is 0 Å². The van der Waals surface area contributed by atoms with Crippen LogP contribution in [0.3, 0.4) is 0 Å². The number of pyridine rings is 1. The van der Waals surface area contributed by atoms with Gasteiger partial charge in [-0.3, -0.25) is 14.7 Å². The third-order valence-electron chi connectivity index (χ3n) is 6.09. The summed E-state index contributed by atoms with van der Waals surface area (Å²) in [5.41, 5.74) is 2.40. The number of rotatable bonds is 4. The lowest BCUT2D eigenvalue weighted by molar-refractivity contribution is -0.136. The smallest absolute Gasteiger partial charge is 0.244 e. The molecule has 4 nitrogen and oxygen atoms in total. The Bertz CT molecular complexity index is 1220. The van der Waals surface area contributed by atoms with Crippen molar-refractivity contribution in [3.05, 3.63) is 84.6 Å². The van der Waals surface area contributed by atoms with Crippen LogP contribution in [0.5, 0.6) is 0 Å². The molecule has 1 N–H and O–H groups in total. The number of benzene rings is 3.